The molecule has 1 heterocycles. The summed E-state index contributed by atoms with van der Waals surface area (Å²) in [6.45, 7) is 15.4. The molecular formula is C31H38O9. The molecule has 0 amide bonds. The summed E-state index contributed by atoms with van der Waals surface area (Å²) >= 11 is 0. The fourth-order valence-electron chi connectivity index (χ4n) is 11.5. The average Bonchev–Trinajstić information content (AvgIpc) is 3.62. The van der Waals surface area contributed by atoms with Gasteiger partial charge in [0.2, 0.25) is 34.7 Å². The maximum absolute atomic E-state index is 14.5. The van der Waals surface area contributed by atoms with Gasteiger partial charge in [-0.2, -0.15) is 0 Å². The van der Waals surface area contributed by atoms with Crippen molar-refractivity contribution in [2.75, 3.05) is 7.11 Å². The fraction of sp³-hybridized carbons (Fsp3) is 0.742. The zero-order chi connectivity index (χ0) is 29.7. The summed E-state index contributed by atoms with van der Waals surface area (Å²) in [6.07, 6.45) is 0. The van der Waals surface area contributed by atoms with Gasteiger partial charge in [-0.15, -0.1) is 0 Å². The summed E-state index contributed by atoms with van der Waals surface area (Å²) in [6, 6.07) is 0. The van der Waals surface area contributed by atoms with Crippen LogP contribution in [0.1, 0.15) is 55.4 Å². The average molecular weight is 555 g/mol. The van der Waals surface area contributed by atoms with E-state index in [1.807, 2.05) is 55.4 Å². The number of ketones is 4. The van der Waals surface area contributed by atoms with Gasteiger partial charge in [-0.3, -0.25) is 19.2 Å². The molecule has 0 aromatic heterocycles. The van der Waals surface area contributed by atoms with Crippen LogP contribution in [0.3, 0.4) is 0 Å². The lowest BCUT2D eigenvalue weighted by molar-refractivity contribution is -0.291. The topological polar surface area (TPSA) is 147 Å². The second-order valence-electron chi connectivity index (χ2n) is 15.3. The van der Waals surface area contributed by atoms with Gasteiger partial charge in [0, 0.05) is 41.6 Å². The molecule has 1 aliphatic heterocycles. The predicted octanol–water partition coefficient (Wildman–Crippen LogP) is 3.06. The molecule has 0 bridgehead atoms. The van der Waals surface area contributed by atoms with Gasteiger partial charge in [0.05, 0.1) is 11.1 Å². The lowest BCUT2D eigenvalue weighted by Crippen LogP contribution is -2.63. The molecule has 216 valence electrons. The molecule has 9 nitrogen and oxygen atoms in total. The van der Waals surface area contributed by atoms with Crippen LogP contribution in [0.5, 0.6) is 0 Å². The molecule has 7 rings (SSSR count). The third-order valence-corrected chi connectivity index (χ3v) is 13.5. The molecular weight excluding hydrogens is 516 g/mol. The lowest BCUT2D eigenvalue weighted by atomic mass is 9.46. The van der Waals surface area contributed by atoms with Crippen LogP contribution >= 0.6 is 0 Å². The molecule has 0 aromatic carbocycles. The molecule has 0 spiro atoms. The van der Waals surface area contributed by atoms with E-state index in [1.165, 1.54) is 7.11 Å². The van der Waals surface area contributed by atoms with Gasteiger partial charge < -0.3 is 24.8 Å². The minimum Gasteiger partial charge on any atom is -0.504 e. The number of Topliss-reactive ketones (excluding diaryl/α,β-unsaturated/α-hetero) is 4. The second kappa shape index (κ2) is 6.65. The lowest BCUT2D eigenvalue weighted by Gasteiger charge is -2.56. The van der Waals surface area contributed by atoms with E-state index in [1.54, 1.807) is 0 Å². The summed E-state index contributed by atoms with van der Waals surface area (Å²) in [5.74, 6) is -12.7. The molecule has 0 unspecified atom stereocenters. The zero-order valence-electron chi connectivity index (χ0n) is 24.4. The minimum absolute atomic E-state index is 0.0680. The number of methoxy groups -OCH3 is 1. The van der Waals surface area contributed by atoms with Crippen molar-refractivity contribution < 1.29 is 44.0 Å². The van der Waals surface area contributed by atoms with Gasteiger partial charge in [0.25, 0.3) is 0 Å². The van der Waals surface area contributed by atoms with Crippen molar-refractivity contribution in [3.8, 4) is 0 Å². The van der Waals surface area contributed by atoms with Crippen LogP contribution in [-0.4, -0.2) is 57.1 Å². The first-order valence-corrected chi connectivity index (χ1v) is 14.3. The summed E-state index contributed by atoms with van der Waals surface area (Å²) in [4.78, 5) is 55.2. The third-order valence-electron chi connectivity index (χ3n) is 13.5. The van der Waals surface area contributed by atoms with Crippen molar-refractivity contribution in [1.29, 1.82) is 0 Å². The maximum Gasteiger partial charge on any atom is 0.239 e. The highest BCUT2D eigenvalue weighted by Gasteiger charge is 2.86. The Morgan fingerprint density at radius 2 is 1.10 bits per heavy atom. The molecule has 12 atom stereocenters. The molecule has 3 N–H and O–H groups in total. The number of fused-ring (bicyclic) bond motifs is 9. The van der Waals surface area contributed by atoms with Crippen LogP contribution in [0.4, 0.5) is 0 Å². The number of aliphatic hydroxyl groups is 3. The van der Waals surface area contributed by atoms with E-state index < -0.39 is 103 Å². The molecule has 4 saturated carbocycles. The first kappa shape index (κ1) is 26.5. The van der Waals surface area contributed by atoms with Crippen LogP contribution in [0.15, 0.2) is 22.7 Å². The number of aliphatic hydroxyl groups excluding tert-OH is 2. The SMILES string of the molecule is CO[C@]12O[C@]3(O)C(=O)C4=C(O)C(=O)[C@H]5[C@@H](C5(C)C)[C@]4(C)[C@@H](C)[C@@H]3[C@H]1[C@H](C)[C@]1(C)C(=C(O)C(=O)[C@H]3[C@@H]1C3(C)C)C2=O. The molecule has 7 aliphatic rings. The molecule has 0 aromatic rings. The standard InChI is InChI=1S/C31H38O9/c1-10-12-13-11(2)29(8)17(21(35)19(33)15-23(29)27(15,5)6)25(37)31(13,39-9)40-30(12,38)24(36)16-20(34)18(32)14-22(26(14,3)4)28(10,16)7/h10-15,22-23,34-35,38H,1-9H3/t10-,11-,12+,13+,14-,15-,22-,23+,28+,29+,30-,31-/m0/s1. The Kier molecular flexibility index (Phi) is 4.41. The summed E-state index contributed by atoms with van der Waals surface area (Å²) in [5, 5.41) is 34.5. The summed E-state index contributed by atoms with van der Waals surface area (Å²) < 4.78 is 12.0. The Morgan fingerprint density at radius 3 is 1.52 bits per heavy atom. The predicted molar refractivity (Wildman–Crippen MR) is 138 cm³/mol. The number of rotatable bonds is 1. The highest BCUT2D eigenvalue weighted by Crippen LogP contribution is 2.80. The van der Waals surface area contributed by atoms with Gasteiger partial charge in [0.15, 0.2) is 11.5 Å². The van der Waals surface area contributed by atoms with Gasteiger partial charge in [0.1, 0.15) is 0 Å². The molecule has 9 heteroatoms. The Balaban J connectivity index is 1.48. The van der Waals surface area contributed by atoms with Crippen LogP contribution in [0.2, 0.25) is 0 Å². The molecule has 6 aliphatic carbocycles. The van der Waals surface area contributed by atoms with E-state index in [9.17, 15) is 34.5 Å². The smallest absolute Gasteiger partial charge is 0.239 e. The van der Waals surface area contributed by atoms with Crippen molar-refractivity contribution in [1.82, 2.24) is 0 Å². The van der Waals surface area contributed by atoms with Crippen molar-refractivity contribution in [2.45, 2.75) is 67.0 Å². The molecule has 1 saturated heterocycles. The number of hydrogen-bond donors (Lipinski definition) is 3. The van der Waals surface area contributed by atoms with E-state index in [0.29, 0.717) is 0 Å². The maximum atomic E-state index is 14.5. The molecule has 5 fully saturated rings. The first-order chi connectivity index (χ1) is 18.3. The quantitative estimate of drug-likeness (QED) is 0.445. The molecule has 0 radical (unpaired) electrons. The van der Waals surface area contributed by atoms with E-state index in [4.69, 9.17) is 9.47 Å². The Bertz CT molecular complexity index is 1450. The van der Waals surface area contributed by atoms with Gasteiger partial charge in [-0.1, -0.05) is 55.4 Å². The minimum atomic E-state index is -2.57. The Labute approximate surface area is 233 Å². The Morgan fingerprint density at radius 1 is 0.700 bits per heavy atom. The number of carbonyl (C=O) groups excluding carboxylic acids is 4. The van der Waals surface area contributed by atoms with E-state index in [2.05, 4.69) is 0 Å². The number of carbonyl (C=O) groups is 4. The Hall–Kier alpha value is -2.36. The van der Waals surface area contributed by atoms with E-state index >= 15 is 0 Å². The van der Waals surface area contributed by atoms with Gasteiger partial charge in [-0.25, -0.2) is 0 Å². The van der Waals surface area contributed by atoms with Crippen molar-refractivity contribution >= 4 is 23.1 Å². The van der Waals surface area contributed by atoms with Crippen LogP contribution < -0.4 is 0 Å². The summed E-state index contributed by atoms with van der Waals surface area (Å²) in [7, 11) is 1.26. The van der Waals surface area contributed by atoms with Crippen molar-refractivity contribution in [3.05, 3.63) is 22.7 Å². The number of allylic oxidation sites excluding steroid dienone is 2. The van der Waals surface area contributed by atoms with Crippen LogP contribution in [-0.2, 0) is 28.7 Å². The van der Waals surface area contributed by atoms with Crippen molar-refractivity contribution in [3.63, 3.8) is 0 Å². The number of ether oxygens (including phenoxy) is 2. The zero-order valence-corrected chi connectivity index (χ0v) is 24.4. The van der Waals surface area contributed by atoms with Gasteiger partial charge in [-0.05, 0) is 34.5 Å². The molecule has 40 heavy (non-hydrogen) atoms. The highest BCUT2D eigenvalue weighted by atomic mass is 16.8. The van der Waals surface area contributed by atoms with E-state index in [0.717, 1.165) is 0 Å². The third kappa shape index (κ3) is 2.22. The fourth-order valence-corrected chi connectivity index (χ4v) is 11.5. The van der Waals surface area contributed by atoms with Crippen LogP contribution in [0.25, 0.3) is 0 Å². The monoisotopic (exact) mass is 554 g/mol. The number of hydrogen-bond acceptors (Lipinski definition) is 9. The normalized spacial score (nSPS) is 54.8. The second-order valence-corrected chi connectivity index (χ2v) is 15.3. The van der Waals surface area contributed by atoms with Crippen molar-refractivity contribution in [2.24, 2.45) is 69.0 Å². The van der Waals surface area contributed by atoms with Gasteiger partial charge >= 0.3 is 0 Å². The van der Waals surface area contributed by atoms with E-state index in [-0.39, 0.29) is 23.0 Å². The highest BCUT2D eigenvalue weighted by molar-refractivity contribution is 6.16. The first-order valence-electron chi connectivity index (χ1n) is 14.3. The van der Waals surface area contributed by atoms with Crippen LogP contribution in [0, 0.1) is 69.0 Å². The largest absolute Gasteiger partial charge is 0.504 e. The summed E-state index contributed by atoms with van der Waals surface area (Å²) in [5.41, 5.74) is -3.07.